The second-order valence-corrected chi connectivity index (χ2v) is 4.74. The van der Waals surface area contributed by atoms with Crippen molar-refractivity contribution in [1.82, 2.24) is 0 Å². The Bertz CT molecular complexity index is 348. The van der Waals surface area contributed by atoms with Gasteiger partial charge in [-0.1, -0.05) is 17.7 Å². The standard InChI is InChI=1S/C11H14ClNOS/c1-10-4-6-11(7-5-10)15(14)13-9-3-2-8-12/h4-7,9H,2-3,8H2,1H3/b13-9+. The quantitative estimate of drug-likeness (QED) is 0.444. The van der Waals surface area contributed by atoms with E-state index in [0.717, 1.165) is 23.3 Å². The molecule has 0 radical (unpaired) electrons. The first-order valence-corrected chi connectivity index (χ1v) is 6.45. The molecule has 0 saturated carbocycles. The molecule has 0 spiro atoms. The van der Waals surface area contributed by atoms with E-state index in [4.69, 9.17) is 11.6 Å². The van der Waals surface area contributed by atoms with Crippen LogP contribution in [0.4, 0.5) is 0 Å². The van der Waals surface area contributed by atoms with Gasteiger partial charge in [-0.05, 0) is 31.9 Å². The zero-order valence-corrected chi connectivity index (χ0v) is 10.2. The van der Waals surface area contributed by atoms with Crippen LogP contribution in [0.25, 0.3) is 0 Å². The lowest BCUT2D eigenvalue weighted by atomic mass is 10.2. The van der Waals surface area contributed by atoms with Crippen LogP contribution in [0.1, 0.15) is 18.4 Å². The summed E-state index contributed by atoms with van der Waals surface area (Å²) >= 11 is 5.51. The van der Waals surface area contributed by atoms with Crippen LogP contribution < -0.4 is 0 Å². The van der Waals surface area contributed by atoms with Crippen molar-refractivity contribution in [3.05, 3.63) is 29.8 Å². The average molecular weight is 244 g/mol. The maximum Gasteiger partial charge on any atom is 0.172 e. The van der Waals surface area contributed by atoms with E-state index in [1.54, 1.807) is 6.21 Å². The summed E-state index contributed by atoms with van der Waals surface area (Å²) < 4.78 is 15.5. The van der Waals surface area contributed by atoms with Gasteiger partial charge in [0.25, 0.3) is 0 Å². The smallest absolute Gasteiger partial charge is 0.172 e. The van der Waals surface area contributed by atoms with Crippen molar-refractivity contribution in [3.63, 3.8) is 0 Å². The van der Waals surface area contributed by atoms with Crippen LogP contribution in [-0.4, -0.2) is 16.3 Å². The second kappa shape index (κ2) is 6.75. The van der Waals surface area contributed by atoms with E-state index in [1.807, 2.05) is 31.2 Å². The third kappa shape index (κ3) is 4.58. The van der Waals surface area contributed by atoms with Crippen molar-refractivity contribution in [3.8, 4) is 0 Å². The number of halogens is 1. The fourth-order valence-electron chi connectivity index (χ4n) is 1.00. The number of alkyl halides is 1. The molecule has 1 rings (SSSR count). The summed E-state index contributed by atoms with van der Waals surface area (Å²) in [5.41, 5.74) is 1.15. The normalized spacial score (nSPS) is 13.2. The molecule has 0 saturated heterocycles. The molecule has 82 valence electrons. The molecule has 2 nitrogen and oxygen atoms in total. The summed E-state index contributed by atoms with van der Waals surface area (Å²) in [5, 5.41) is 0. The molecule has 0 aliphatic heterocycles. The maximum atomic E-state index is 11.6. The third-order valence-electron chi connectivity index (χ3n) is 1.86. The van der Waals surface area contributed by atoms with Gasteiger partial charge in [-0.2, -0.15) is 4.40 Å². The Morgan fingerprint density at radius 3 is 2.67 bits per heavy atom. The van der Waals surface area contributed by atoms with Gasteiger partial charge in [0, 0.05) is 12.1 Å². The highest BCUT2D eigenvalue weighted by Gasteiger charge is 1.99. The maximum absolute atomic E-state index is 11.6. The van der Waals surface area contributed by atoms with Crippen LogP contribution in [0.15, 0.2) is 33.6 Å². The van der Waals surface area contributed by atoms with E-state index in [9.17, 15) is 4.21 Å². The minimum atomic E-state index is -1.27. The van der Waals surface area contributed by atoms with Gasteiger partial charge in [-0.25, -0.2) is 4.21 Å². The highest BCUT2D eigenvalue weighted by atomic mass is 35.5. The Labute approximate surface area is 98.0 Å². The first kappa shape index (κ1) is 12.4. The highest BCUT2D eigenvalue weighted by Crippen LogP contribution is 2.08. The number of hydrogen-bond acceptors (Lipinski definition) is 1. The summed E-state index contributed by atoms with van der Waals surface area (Å²) in [4.78, 5) is 0.739. The van der Waals surface area contributed by atoms with Crippen molar-refractivity contribution in [2.45, 2.75) is 24.7 Å². The molecule has 1 atom stereocenters. The predicted octanol–water partition coefficient (Wildman–Crippen LogP) is 3.11. The molecule has 0 heterocycles. The number of hydrogen-bond donors (Lipinski definition) is 0. The fourth-order valence-corrected chi connectivity index (χ4v) is 1.89. The lowest BCUT2D eigenvalue weighted by Crippen LogP contribution is -1.88. The van der Waals surface area contributed by atoms with Crippen LogP contribution in [0.2, 0.25) is 0 Å². The summed E-state index contributed by atoms with van der Waals surface area (Å²) in [6.07, 6.45) is 3.33. The molecule has 0 amide bonds. The summed E-state index contributed by atoms with van der Waals surface area (Å²) in [5.74, 6) is 0.614. The topological polar surface area (TPSA) is 29.4 Å². The molecule has 0 bridgehead atoms. The van der Waals surface area contributed by atoms with E-state index >= 15 is 0 Å². The zero-order valence-electron chi connectivity index (χ0n) is 8.65. The number of benzene rings is 1. The van der Waals surface area contributed by atoms with E-state index < -0.39 is 11.0 Å². The molecule has 4 heteroatoms. The van der Waals surface area contributed by atoms with Gasteiger partial charge in [0.15, 0.2) is 11.0 Å². The number of aryl methyl sites for hydroxylation is 1. The molecule has 1 unspecified atom stereocenters. The van der Waals surface area contributed by atoms with Crippen molar-refractivity contribution in [2.24, 2.45) is 4.40 Å². The van der Waals surface area contributed by atoms with E-state index in [-0.39, 0.29) is 0 Å². The molecular weight excluding hydrogens is 230 g/mol. The van der Waals surface area contributed by atoms with Crippen LogP contribution in [0.5, 0.6) is 0 Å². The van der Waals surface area contributed by atoms with Gasteiger partial charge in [0.1, 0.15) is 0 Å². The predicted molar refractivity (Wildman–Crippen MR) is 66.0 cm³/mol. The van der Waals surface area contributed by atoms with Gasteiger partial charge in [0.2, 0.25) is 0 Å². The van der Waals surface area contributed by atoms with Crippen LogP contribution in [0, 0.1) is 6.92 Å². The lowest BCUT2D eigenvalue weighted by Gasteiger charge is -1.96. The Morgan fingerprint density at radius 1 is 1.40 bits per heavy atom. The second-order valence-electron chi connectivity index (χ2n) is 3.18. The molecule has 0 N–H and O–H groups in total. The molecule has 0 aliphatic carbocycles. The van der Waals surface area contributed by atoms with Crippen LogP contribution in [0.3, 0.4) is 0 Å². The number of unbranched alkanes of at least 4 members (excludes halogenated alkanes) is 1. The largest absolute Gasteiger partial charge is 0.230 e. The van der Waals surface area contributed by atoms with Gasteiger partial charge in [-0.15, -0.1) is 11.6 Å². The molecule has 0 fully saturated rings. The summed E-state index contributed by atoms with van der Waals surface area (Å²) in [6, 6.07) is 7.54. The van der Waals surface area contributed by atoms with Crippen molar-refractivity contribution in [1.29, 1.82) is 0 Å². The van der Waals surface area contributed by atoms with E-state index in [1.165, 1.54) is 0 Å². The van der Waals surface area contributed by atoms with Gasteiger partial charge in [0.05, 0.1) is 4.90 Å². The molecule has 1 aromatic rings. The highest BCUT2D eigenvalue weighted by molar-refractivity contribution is 7.83. The minimum absolute atomic E-state index is 0.614. The zero-order chi connectivity index (χ0) is 11.1. The van der Waals surface area contributed by atoms with Crippen molar-refractivity contribution < 1.29 is 4.21 Å². The van der Waals surface area contributed by atoms with Gasteiger partial charge < -0.3 is 0 Å². The first-order chi connectivity index (χ1) is 7.24. The summed E-state index contributed by atoms with van der Waals surface area (Å²) in [7, 11) is -1.27. The molecule has 15 heavy (non-hydrogen) atoms. The van der Waals surface area contributed by atoms with Gasteiger partial charge in [-0.3, -0.25) is 0 Å². The Morgan fingerprint density at radius 2 is 2.07 bits per heavy atom. The van der Waals surface area contributed by atoms with Crippen molar-refractivity contribution >= 4 is 28.8 Å². The van der Waals surface area contributed by atoms with Crippen LogP contribution in [-0.2, 0) is 11.0 Å². The Balaban J connectivity index is 2.53. The minimum Gasteiger partial charge on any atom is -0.230 e. The van der Waals surface area contributed by atoms with Gasteiger partial charge >= 0.3 is 0 Å². The molecule has 0 aliphatic rings. The van der Waals surface area contributed by atoms with Crippen LogP contribution >= 0.6 is 11.6 Å². The molecule has 0 aromatic heterocycles. The van der Waals surface area contributed by atoms with E-state index in [0.29, 0.717) is 5.88 Å². The fraction of sp³-hybridized carbons (Fsp3) is 0.364. The Kier molecular flexibility index (Phi) is 5.58. The number of nitrogens with zero attached hydrogens (tertiary/aromatic N) is 1. The average Bonchev–Trinajstić information content (AvgIpc) is 2.25. The molecule has 1 aromatic carbocycles. The molecular formula is C11H14ClNOS. The summed E-state index contributed by atoms with van der Waals surface area (Å²) in [6.45, 7) is 2.00. The van der Waals surface area contributed by atoms with Crippen molar-refractivity contribution in [2.75, 3.05) is 5.88 Å². The SMILES string of the molecule is Cc1ccc(S(=O)/N=C/CCCCl)cc1. The monoisotopic (exact) mass is 243 g/mol. The Hall–Kier alpha value is -0.670. The van der Waals surface area contributed by atoms with E-state index in [2.05, 4.69) is 4.40 Å². The number of rotatable bonds is 5. The third-order valence-corrected chi connectivity index (χ3v) is 3.14. The first-order valence-electron chi connectivity index (χ1n) is 4.81. The lowest BCUT2D eigenvalue weighted by molar-refractivity contribution is 0.684.